The van der Waals surface area contributed by atoms with Gasteiger partial charge in [0.2, 0.25) is 0 Å². The van der Waals surface area contributed by atoms with Crippen LogP contribution in [0.3, 0.4) is 0 Å². The highest BCUT2D eigenvalue weighted by Gasteiger charge is 2.84. The summed E-state index contributed by atoms with van der Waals surface area (Å²) < 4.78 is 17.5. The van der Waals surface area contributed by atoms with Gasteiger partial charge in [-0.25, -0.2) is 0 Å². The third-order valence-corrected chi connectivity index (χ3v) is 40.1. The van der Waals surface area contributed by atoms with Gasteiger partial charge in [-0.15, -0.1) is 0 Å². The van der Waals surface area contributed by atoms with Gasteiger partial charge in [0, 0.05) is 56.0 Å². The summed E-state index contributed by atoms with van der Waals surface area (Å²) in [6.07, 6.45) is 44.9. The van der Waals surface area contributed by atoms with Gasteiger partial charge in [-0.05, 0) is 291 Å². The molecule has 5 nitrogen and oxygen atoms in total. The molecule has 0 aromatic rings. The molecule has 0 spiro atoms. The number of aliphatic carboxylic acids is 1. The maximum atomic E-state index is 17.5. The van der Waals surface area contributed by atoms with Crippen molar-refractivity contribution >= 4 is 28.5 Å². The van der Waals surface area contributed by atoms with Crippen LogP contribution >= 0.6 is 11.8 Å². The van der Waals surface area contributed by atoms with E-state index in [0.717, 1.165) is 155 Å². The third kappa shape index (κ3) is 9.19. The smallest absolute Gasteiger partial charge is 0.306 e. The van der Waals surface area contributed by atoms with Crippen molar-refractivity contribution in [2.45, 2.75) is 306 Å². The average Bonchev–Trinajstić information content (AvgIpc) is 1.36. The van der Waals surface area contributed by atoms with Crippen LogP contribution in [-0.2, 0) is 15.6 Å². The number of piperidine rings is 2. The number of thioether (sulfide) groups is 1. The van der Waals surface area contributed by atoms with Crippen molar-refractivity contribution in [1.82, 2.24) is 10.6 Å². The van der Waals surface area contributed by atoms with Crippen molar-refractivity contribution in [1.29, 1.82) is 0 Å². The lowest BCUT2D eigenvalue weighted by Gasteiger charge is -2.83. The molecule has 18 rings (SSSR count). The van der Waals surface area contributed by atoms with Gasteiger partial charge < -0.3 is 15.7 Å². The van der Waals surface area contributed by atoms with Gasteiger partial charge in [-0.1, -0.05) is 171 Å². The highest BCUT2D eigenvalue weighted by Crippen LogP contribution is 2.84. The van der Waals surface area contributed by atoms with Crippen LogP contribution in [0.2, 0.25) is 0 Å². The lowest BCUT2D eigenvalue weighted by molar-refractivity contribution is -0.333. The van der Waals surface area contributed by atoms with E-state index in [0.29, 0.717) is 99.8 Å². The van der Waals surface area contributed by atoms with Crippen LogP contribution in [0, 0.1) is 207 Å². The molecular weight excluding hydrogens is 1150 g/mol. The molecule has 4 saturated heterocycles. The largest absolute Gasteiger partial charge is 0.481 e. The van der Waals surface area contributed by atoms with Gasteiger partial charge in [0.1, 0.15) is 0 Å². The lowest BCUT2D eigenvalue weighted by atomic mass is 9.24. The van der Waals surface area contributed by atoms with Crippen LogP contribution in [0.25, 0.3) is 0 Å². The summed E-state index contributed by atoms with van der Waals surface area (Å²) in [5.74, 6) is 24.9. The van der Waals surface area contributed by atoms with Crippen LogP contribution in [0.1, 0.15) is 261 Å². The summed E-state index contributed by atoms with van der Waals surface area (Å²) >= 11 is 2.63. The van der Waals surface area contributed by atoms with Crippen molar-refractivity contribution in [3.8, 4) is 0 Å². The molecule has 18 fully saturated rings. The Balaban J connectivity index is 0.853. The van der Waals surface area contributed by atoms with Gasteiger partial charge in [0.15, 0.2) is 0 Å². The van der Waals surface area contributed by atoms with E-state index < -0.39 is 16.8 Å². The Kier molecular flexibility index (Phi) is 17.1. The molecule has 0 radical (unpaired) electrons. The maximum absolute atomic E-state index is 17.5. The first-order chi connectivity index (χ1) is 44.5. The van der Waals surface area contributed by atoms with Crippen molar-refractivity contribution in [2.75, 3.05) is 0 Å². The first-order valence-electron chi connectivity index (χ1n) is 42.3. The van der Waals surface area contributed by atoms with Gasteiger partial charge in [-0.3, -0.25) is 9.00 Å². The number of carbonyl (C=O) groups is 1. The highest BCUT2D eigenvalue weighted by molar-refractivity contribution is 8.00. The van der Waals surface area contributed by atoms with Crippen LogP contribution < -0.4 is 10.6 Å². The molecule has 14 aliphatic carbocycles. The van der Waals surface area contributed by atoms with Crippen LogP contribution in [0.4, 0.5) is 0 Å². The van der Waals surface area contributed by atoms with E-state index >= 15 is 4.21 Å². The summed E-state index contributed by atoms with van der Waals surface area (Å²) in [4.78, 5) is 14.9. The van der Waals surface area contributed by atoms with Gasteiger partial charge in [0.05, 0.1) is 5.92 Å². The summed E-state index contributed by atoms with van der Waals surface area (Å²) in [7, 11) is -0.933. The summed E-state index contributed by atoms with van der Waals surface area (Å²) in [5.41, 5.74) is 0. The molecule has 0 amide bonds. The van der Waals surface area contributed by atoms with E-state index in [9.17, 15) is 9.90 Å². The zero-order chi connectivity index (χ0) is 61.7. The SMILES string of the molecule is CCCCCC1CCC2SC3C4C5NC6CC(CC(CCC)CCCC)CC7C8CC(CCC)CC9CC%10CC%11C%12C(CCCCC)CC(CCC)C%12NC%12C%11C%11C%10C(C98)C(C67)C5C%11C5C%12C6CC(C(=O)O)C7C(CCC)CC(C)C8C7C6C(C45)C(C3C2C1)S8=O. The standard InChI is InChI=1S/C84H134N2O3S2/c1-9-16-19-26-43-28-29-58-53(33-43)67-81(90-58)77-73-71-66(55-40-56(84(87)88)59-46(23-14-6)30-41(8)82-75(59)64(55)76(73)83(67)91(82)89)79-65-54(61-47(27-20-17-10-2)37-48(24-15-7)78(61)86-79)39-50-38-49-32-44(22-13-5)34-51-52-35-45(31-42(21-12-4)25-18-11-3)36-57-63(52)70-68(60(49)51)62(50)69(65)72(71)74(70)80(77)85-57/h41-83,85-86H,9-40H2,1-8H3,(H,87,88). The second-order valence-corrected chi connectivity index (χ2v) is 42.0. The molecule has 0 aromatic carbocycles. The monoisotopic (exact) mass is 1280 g/mol. The Bertz CT molecular complexity index is 2660. The predicted octanol–water partition coefficient (Wildman–Crippen LogP) is 19.1. The quantitative estimate of drug-likeness (QED) is 0.0938. The number of fused-ring (bicyclic) bond motifs is 11. The second kappa shape index (κ2) is 24.6. The fourth-order valence-electron chi connectivity index (χ4n) is 35.0. The fraction of sp³-hybridized carbons (Fsp3) is 0.988. The zero-order valence-electron chi connectivity index (χ0n) is 59.0. The first kappa shape index (κ1) is 63.1. The van der Waals surface area contributed by atoms with Crippen molar-refractivity contribution in [2.24, 2.45) is 207 Å². The molecule has 0 aromatic heterocycles. The molecule has 91 heavy (non-hydrogen) atoms. The van der Waals surface area contributed by atoms with E-state index in [-0.39, 0.29) is 17.1 Å². The Labute approximate surface area is 562 Å². The zero-order valence-corrected chi connectivity index (χ0v) is 60.7. The number of unbranched alkanes of at least 4 members (excludes halogenated alkanes) is 5. The highest BCUT2D eigenvalue weighted by atomic mass is 32.2. The van der Waals surface area contributed by atoms with E-state index in [2.05, 4.69) is 67.2 Å². The van der Waals surface area contributed by atoms with E-state index in [1.165, 1.54) is 154 Å². The average molecular weight is 1280 g/mol. The molecule has 7 heteroatoms. The molecule has 510 valence electrons. The summed E-state index contributed by atoms with van der Waals surface area (Å²) in [6.45, 7) is 19.9. The number of hydrogen-bond acceptors (Lipinski definition) is 5. The van der Waals surface area contributed by atoms with Crippen LogP contribution in [0.5, 0.6) is 0 Å². The minimum absolute atomic E-state index is 0.190. The number of carboxylic acids is 1. The Hall–Kier alpha value is -0.110. The van der Waals surface area contributed by atoms with Gasteiger partial charge in [-0.2, -0.15) is 11.8 Å². The van der Waals surface area contributed by atoms with E-state index in [1.54, 1.807) is 32.1 Å². The Morgan fingerprint density at radius 1 is 0.440 bits per heavy atom. The Morgan fingerprint density at radius 3 is 1.86 bits per heavy atom. The molecule has 4 aliphatic heterocycles. The molecule has 44 atom stereocenters. The van der Waals surface area contributed by atoms with Crippen LogP contribution in [-0.4, -0.2) is 60.5 Å². The number of carboxylic acid groups (broad SMARTS) is 1. The normalized spacial score (nSPS) is 58.7. The van der Waals surface area contributed by atoms with E-state index in [1.807, 2.05) is 0 Å². The molecule has 14 saturated carbocycles. The second-order valence-electron chi connectivity index (χ2n) is 38.8. The third-order valence-electron chi connectivity index (χ3n) is 35.8. The first-order valence-corrected chi connectivity index (χ1v) is 44.5. The van der Waals surface area contributed by atoms with Gasteiger partial charge in [0.25, 0.3) is 0 Å². The molecule has 3 N–H and O–H groups in total. The van der Waals surface area contributed by atoms with Crippen molar-refractivity contribution in [3.05, 3.63) is 0 Å². The fourth-order valence-corrected chi connectivity index (χ4v) is 40.3. The minimum atomic E-state index is -0.933. The molecule has 0 bridgehead atoms. The molecular formula is C84H134N2O3S2. The lowest BCUT2D eigenvalue weighted by Crippen LogP contribution is -2.85. The Morgan fingerprint density at radius 2 is 1.09 bits per heavy atom. The molecule has 4 heterocycles. The summed E-state index contributed by atoms with van der Waals surface area (Å²) in [6, 6.07) is 2.54. The number of nitrogens with one attached hydrogen (secondary N) is 2. The molecule has 44 unspecified atom stereocenters. The van der Waals surface area contributed by atoms with Crippen molar-refractivity contribution in [3.63, 3.8) is 0 Å². The van der Waals surface area contributed by atoms with Crippen molar-refractivity contribution < 1.29 is 14.1 Å². The number of rotatable bonds is 22. The van der Waals surface area contributed by atoms with E-state index in [4.69, 9.17) is 10.6 Å². The topological polar surface area (TPSA) is 78.4 Å². The number of hydrogen-bond donors (Lipinski definition) is 3. The molecule has 18 aliphatic rings. The maximum Gasteiger partial charge on any atom is 0.306 e. The van der Waals surface area contributed by atoms with Crippen LogP contribution in [0.15, 0.2) is 0 Å². The predicted molar refractivity (Wildman–Crippen MR) is 375 cm³/mol. The summed E-state index contributed by atoms with van der Waals surface area (Å²) in [5, 5.41) is 24.7. The van der Waals surface area contributed by atoms with Gasteiger partial charge >= 0.3 is 5.97 Å². The minimum Gasteiger partial charge on any atom is -0.481 e.